The summed E-state index contributed by atoms with van der Waals surface area (Å²) in [7, 11) is 1.54. The molecule has 0 spiro atoms. The third-order valence-corrected chi connectivity index (χ3v) is 5.99. The van der Waals surface area contributed by atoms with Crippen molar-refractivity contribution in [2.45, 2.75) is 25.2 Å². The Kier molecular flexibility index (Phi) is 6.61. The number of carbonyl (C=O) groups is 2. The van der Waals surface area contributed by atoms with Gasteiger partial charge in [-0.2, -0.15) is 0 Å². The molecule has 148 valence electrons. The molecule has 3 rings (SSSR count). The Morgan fingerprint density at radius 2 is 1.89 bits per heavy atom. The number of benzene rings is 2. The number of hydrogen-bond acceptors (Lipinski definition) is 5. The van der Waals surface area contributed by atoms with Crippen LogP contribution in [0.3, 0.4) is 0 Å². The Morgan fingerprint density at radius 3 is 2.50 bits per heavy atom. The SMILES string of the molecule is CCN1C(=O)S[C@H](Cc2cc(Br)c(OCc3ccc(F)cc3)c(OC)c2)C1=O. The molecule has 2 aromatic rings. The van der Waals surface area contributed by atoms with Crippen molar-refractivity contribution in [2.24, 2.45) is 0 Å². The van der Waals surface area contributed by atoms with E-state index in [0.29, 0.717) is 28.9 Å². The molecule has 1 aliphatic rings. The number of carbonyl (C=O) groups excluding carboxylic acids is 2. The minimum Gasteiger partial charge on any atom is -0.493 e. The summed E-state index contributed by atoms with van der Waals surface area (Å²) in [6, 6.07) is 9.73. The highest BCUT2D eigenvalue weighted by atomic mass is 79.9. The van der Waals surface area contributed by atoms with Gasteiger partial charge in [-0.25, -0.2) is 4.39 Å². The van der Waals surface area contributed by atoms with Crippen molar-refractivity contribution in [3.63, 3.8) is 0 Å². The summed E-state index contributed by atoms with van der Waals surface area (Å²) < 4.78 is 25.0. The van der Waals surface area contributed by atoms with Gasteiger partial charge < -0.3 is 9.47 Å². The highest BCUT2D eigenvalue weighted by Crippen LogP contribution is 2.39. The fourth-order valence-corrected chi connectivity index (χ4v) is 4.59. The van der Waals surface area contributed by atoms with E-state index >= 15 is 0 Å². The number of rotatable bonds is 7. The number of thioether (sulfide) groups is 1. The summed E-state index contributed by atoms with van der Waals surface area (Å²) >= 11 is 4.54. The molecule has 2 amide bonds. The number of imide groups is 1. The molecular formula is C20H19BrFNO4S. The molecule has 8 heteroatoms. The summed E-state index contributed by atoms with van der Waals surface area (Å²) in [5.74, 6) is 0.573. The van der Waals surface area contributed by atoms with E-state index in [9.17, 15) is 14.0 Å². The Bertz CT molecular complexity index is 891. The quantitative estimate of drug-likeness (QED) is 0.585. The average molecular weight is 468 g/mol. The van der Waals surface area contributed by atoms with Gasteiger partial charge >= 0.3 is 0 Å². The second kappa shape index (κ2) is 8.96. The highest BCUT2D eigenvalue weighted by Gasteiger charge is 2.38. The van der Waals surface area contributed by atoms with E-state index in [1.807, 2.05) is 6.07 Å². The summed E-state index contributed by atoms with van der Waals surface area (Å²) in [6.07, 6.45) is 0.416. The molecule has 0 radical (unpaired) electrons. The van der Waals surface area contributed by atoms with Gasteiger partial charge in [-0.3, -0.25) is 14.5 Å². The molecule has 0 N–H and O–H groups in total. The first kappa shape index (κ1) is 20.7. The first-order valence-corrected chi connectivity index (χ1v) is 10.4. The molecule has 1 aliphatic heterocycles. The van der Waals surface area contributed by atoms with Crippen LogP contribution in [-0.2, 0) is 17.8 Å². The molecule has 1 heterocycles. The van der Waals surface area contributed by atoms with Gasteiger partial charge in [-0.15, -0.1) is 0 Å². The average Bonchev–Trinajstić information content (AvgIpc) is 2.94. The van der Waals surface area contributed by atoms with Gasteiger partial charge in [0.1, 0.15) is 12.4 Å². The van der Waals surface area contributed by atoms with Crippen molar-refractivity contribution in [1.82, 2.24) is 4.90 Å². The molecule has 1 fully saturated rings. The third-order valence-electron chi connectivity index (χ3n) is 4.33. The zero-order valence-electron chi connectivity index (χ0n) is 15.4. The van der Waals surface area contributed by atoms with Crippen molar-refractivity contribution in [1.29, 1.82) is 0 Å². The number of methoxy groups -OCH3 is 1. The number of nitrogens with zero attached hydrogens (tertiary/aromatic N) is 1. The third kappa shape index (κ3) is 4.50. The maximum absolute atomic E-state index is 13.0. The second-order valence-corrected chi connectivity index (χ2v) is 8.19. The first-order valence-electron chi connectivity index (χ1n) is 8.68. The fraction of sp³-hybridized carbons (Fsp3) is 0.300. The Hall–Kier alpha value is -2.06. The van der Waals surface area contributed by atoms with Crippen LogP contribution < -0.4 is 9.47 Å². The van der Waals surface area contributed by atoms with Crippen LogP contribution in [0, 0.1) is 5.82 Å². The van der Waals surface area contributed by atoms with Gasteiger partial charge in [0.05, 0.1) is 16.8 Å². The molecule has 0 bridgehead atoms. The van der Waals surface area contributed by atoms with Crippen molar-refractivity contribution in [3.8, 4) is 11.5 Å². The highest BCUT2D eigenvalue weighted by molar-refractivity contribution is 9.10. The van der Waals surface area contributed by atoms with E-state index in [0.717, 1.165) is 22.9 Å². The van der Waals surface area contributed by atoms with Crippen molar-refractivity contribution >= 4 is 38.8 Å². The summed E-state index contributed by atoms with van der Waals surface area (Å²) in [4.78, 5) is 25.5. The normalized spacial score (nSPS) is 16.6. The monoisotopic (exact) mass is 467 g/mol. The molecule has 0 aromatic heterocycles. The number of ether oxygens (including phenoxy) is 2. The smallest absolute Gasteiger partial charge is 0.289 e. The molecule has 2 aromatic carbocycles. The van der Waals surface area contributed by atoms with E-state index in [2.05, 4.69) is 15.9 Å². The number of amides is 2. The van der Waals surface area contributed by atoms with Crippen molar-refractivity contribution in [3.05, 3.63) is 57.8 Å². The van der Waals surface area contributed by atoms with E-state index in [4.69, 9.17) is 9.47 Å². The lowest BCUT2D eigenvalue weighted by Gasteiger charge is -2.16. The fourth-order valence-electron chi connectivity index (χ4n) is 2.89. The van der Waals surface area contributed by atoms with Gasteiger partial charge in [-0.1, -0.05) is 23.9 Å². The lowest BCUT2D eigenvalue weighted by atomic mass is 10.1. The predicted molar refractivity (Wildman–Crippen MR) is 109 cm³/mol. The van der Waals surface area contributed by atoms with Crippen LogP contribution in [0.15, 0.2) is 40.9 Å². The maximum Gasteiger partial charge on any atom is 0.289 e. The predicted octanol–water partition coefficient (Wildman–Crippen LogP) is 4.80. The molecule has 1 atom stereocenters. The van der Waals surface area contributed by atoms with E-state index in [-0.39, 0.29) is 23.6 Å². The maximum atomic E-state index is 13.0. The molecule has 28 heavy (non-hydrogen) atoms. The van der Waals surface area contributed by atoms with Gasteiger partial charge in [0.2, 0.25) is 5.91 Å². The van der Waals surface area contributed by atoms with Crippen LogP contribution in [0.5, 0.6) is 11.5 Å². The molecular weight excluding hydrogens is 449 g/mol. The molecule has 0 unspecified atom stereocenters. The van der Waals surface area contributed by atoms with E-state index in [1.54, 1.807) is 25.1 Å². The van der Waals surface area contributed by atoms with E-state index < -0.39 is 5.25 Å². The zero-order chi connectivity index (χ0) is 20.3. The van der Waals surface area contributed by atoms with Gasteiger partial charge in [0.15, 0.2) is 11.5 Å². The standard InChI is InChI=1S/C20H19BrFNO4S/c1-3-23-19(24)17(28-20(23)25)10-13-8-15(21)18(16(9-13)26-2)27-11-12-4-6-14(22)7-5-12/h4-9,17H,3,10-11H2,1-2H3/t17-/m1/s1. The lowest BCUT2D eigenvalue weighted by Crippen LogP contribution is -2.31. The Morgan fingerprint density at radius 1 is 1.18 bits per heavy atom. The topological polar surface area (TPSA) is 55.8 Å². The summed E-state index contributed by atoms with van der Waals surface area (Å²) in [6.45, 7) is 2.42. The summed E-state index contributed by atoms with van der Waals surface area (Å²) in [5, 5.41) is -0.641. The number of halogens is 2. The van der Waals surface area contributed by atoms with Crippen LogP contribution in [0.25, 0.3) is 0 Å². The number of hydrogen-bond donors (Lipinski definition) is 0. The van der Waals surface area contributed by atoms with Crippen LogP contribution in [0.2, 0.25) is 0 Å². The molecule has 1 saturated heterocycles. The minimum absolute atomic E-state index is 0.163. The van der Waals surface area contributed by atoms with E-state index in [1.165, 1.54) is 24.1 Å². The van der Waals surface area contributed by atoms with Crippen LogP contribution in [0.1, 0.15) is 18.1 Å². The zero-order valence-corrected chi connectivity index (χ0v) is 17.8. The summed E-state index contributed by atoms with van der Waals surface area (Å²) in [5.41, 5.74) is 1.68. The van der Waals surface area contributed by atoms with Crippen LogP contribution in [-0.4, -0.2) is 35.0 Å². The minimum atomic E-state index is -0.435. The second-order valence-electron chi connectivity index (χ2n) is 6.18. The van der Waals surface area contributed by atoms with Crippen LogP contribution in [0.4, 0.5) is 9.18 Å². The first-order chi connectivity index (χ1) is 13.4. The van der Waals surface area contributed by atoms with Gasteiger partial charge in [0, 0.05) is 6.54 Å². The van der Waals surface area contributed by atoms with Crippen molar-refractivity contribution in [2.75, 3.05) is 13.7 Å². The lowest BCUT2D eigenvalue weighted by molar-refractivity contribution is -0.126. The Balaban J connectivity index is 1.75. The largest absolute Gasteiger partial charge is 0.493 e. The van der Waals surface area contributed by atoms with Crippen LogP contribution >= 0.6 is 27.7 Å². The van der Waals surface area contributed by atoms with Gasteiger partial charge in [-0.05, 0) is 64.7 Å². The Labute approximate surface area is 175 Å². The van der Waals surface area contributed by atoms with Crippen molar-refractivity contribution < 1.29 is 23.5 Å². The van der Waals surface area contributed by atoms with Gasteiger partial charge in [0.25, 0.3) is 5.24 Å². The molecule has 0 saturated carbocycles. The molecule has 0 aliphatic carbocycles. The molecule has 5 nitrogen and oxygen atoms in total.